The van der Waals surface area contributed by atoms with E-state index in [1.807, 2.05) is 43.2 Å². The van der Waals surface area contributed by atoms with Crippen LogP contribution in [0.2, 0.25) is 0 Å². The van der Waals surface area contributed by atoms with Gasteiger partial charge in [-0.15, -0.1) is 22.7 Å². The van der Waals surface area contributed by atoms with Crippen molar-refractivity contribution in [1.29, 1.82) is 0 Å². The highest BCUT2D eigenvalue weighted by Crippen LogP contribution is 2.50. The zero-order chi connectivity index (χ0) is 36.8. The molecule has 6 N–H and O–H groups in total. The molecule has 4 atom stereocenters. The van der Waals surface area contributed by atoms with E-state index >= 15 is 0 Å². The van der Waals surface area contributed by atoms with Gasteiger partial charge in [-0.2, -0.15) is 0 Å². The number of nitrogen functional groups attached to an aromatic ring is 2. The highest BCUT2D eigenvalue weighted by molar-refractivity contribution is 8.78. The van der Waals surface area contributed by atoms with Crippen LogP contribution in [-0.4, -0.2) is 81.3 Å². The third kappa shape index (κ3) is 14.3. The van der Waals surface area contributed by atoms with E-state index in [0.717, 1.165) is 64.2 Å². The number of hydrogen-bond acceptors (Lipinski definition) is 16. The molecular weight excluding hydrogens is 773 g/mol. The summed E-state index contributed by atoms with van der Waals surface area (Å²) in [5.74, 6) is 2.39. The van der Waals surface area contributed by atoms with Gasteiger partial charge < -0.3 is 31.6 Å². The van der Waals surface area contributed by atoms with Crippen LogP contribution in [0.15, 0.2) is 0 Å². The van der Waals surface area contributed by atoms with E-state index in [0.29, 0.717) is 71.0 Å². The van der Waals surface area contributed by atoms with Crippen molar-refractivity contribution in [3.05, 3.63) is 21.1 Å². The van der Waals surface area contributed by atoms with Crippen LogP contribution in [0.3, 0.4) is 0 Å². The Hall–Kier alpha value is -0.880. The lowest BCUT2D eigenvalue weighted by Crippen LogP contribution is -2.36. The SMILES string of the molecule is C[C@]1(CCCCC(=O)OCCN[C@@H]2CCc3nc(N)sc3C2)CCSS1.C[C@]1(CCCCC(=O)OCCN[C@H]2CCc3nc(N)sc3C2)CCSS1. The molecule has 2 aromatic heterocycles. The fourth-order valence-electron chi connectivity index (χ4n) is 6.97. The Morgan fingerprint density at radius 1 is 0.731 bits per heavy atom. The monoisotopic (exact) mass is 830 g/mol. The van der Waals surface area contributed by atoms with Crippen LogP contribution in [0.5, 0.6) is 0 Å². The molecule has 52 heavy (non-hydrogen) atoms. The molecule has 16 heteroatoms. The molecule has 0 radical (unpaired) electrons. The van der Waals surface area contributed by atoms with E-state index in [4.69, 9.17) is 20.9 Å². The topological polar surface area (TPSA) is 154 Å². The summed E-state index contributed by atoms with van der Waals surface area (Å²) in [7, 11) is 7.98. The molecule has 4 aliphatic rings. The number of anilines is 2. The summed E-state index contributed by atoms with van der Waals surface area (Å²) in [4.78, 5) is 35.1. The zero-order valence-corrected chi connectivity index (χ0v) is 35.7. The van der Waals surface area contributed by atoms with Crippen molar-refractivity contribution < 1.29 is 19.1 Å². The van der Waals surface area contributed by atoms with Crippen molar-refractivity contribution in [3.63, 3.8) is 0 Å². The molecular formula is C36H58N6O4S6. The van der Waals surface area contributed by atoms with E-state index in [1.165, 1.54) is 58.3 Å². The second-order valence-corrected chi connectivity index (χ2v) is 22.9. The molecule has 0 bridgehead atoms. The third-order valence-corrected chi connectivity index (χ3v) is 18.7. The number of aromatic nitrogens is 2. The number of unbranched alkanes of at least 4 members (excludes halogenated alkanes) is 2. The van der Waals surface area contributed by atoms with Crippen molar-refractivity contribution >= 4 is 88.1 Å². The molecule has 2 saturated heterocycles. The van der Waals surface area contributed by atoms with Gasteiger partial charge in [-0.05, 0) is 90.9 Å². The Morgan fingerprint density at radius 2 is 1.17 bits per heavy atom. The van der Waals surface area contributed by atoms with Gasteiger partial charge in [0.05, 0.1) is 11.4 Å². The molecule has 2 aliphatic carbocycles. The number of fused-ring (bicyclic) bond motifs is 2. The number of rotatable bonds is 18. The molecule has 0 unspecified atom stereocenters. The molecule has 0 amide bonds. The number of ether oxygens (including phenoxy) is 2. The lowest BCUT2D eigenvalue weighted by molar-refractivity contribution is -0.144. The van der Waals surface area contributed by atoms with Gasteiger partial charge in [0.25, 0.3) is 0 Å². The molecule has 2 aromatic rings. The summed E-state index contributed by atoms with van der Waals surface area (Å²) in [6.07, 6.45) is 16.2. The lowest BCUT2D eigenvalue weighted by Gasteiger charge is -2.22. The number of carbonyl (C=O) groups excluding carboxylic acids is 2. The van der Waals surface area contributed by atoms with Gasteiger partial charge in [0, 0.05) is 68.8 Å². The van der Waals surface area contributed by atoms with Crippen molar-refractivity contribution in [1.82, 2.24) is 20.6 Å². The lowest BCUT2D eigenvalue weighted by atomic mass is 9.98. The number of thiazole rings is 2. The Balaban J connectivity index is 0.000000201. The summed E-state index contributed by atoms with van der Waals surface area (Å²) >= 11 is 3.19. The van der Waals surface area contributed by atoms with Gasteiger partial charge in [-0.3, -0.25) is 9.59 Å². The standard InChI is InChI=1S/2C18H29N3O2S3/c2*1-18(8-11-24-26-18)7-3-2-4-16(22)23-10-9-20-13-5-6-14-15(12-13)25-17(19)21-14/h2*13,20H,2-12H2,1H3,(H2,19,21)/t13-,18+;13-,18-/m10/s1. The zero-order valence-electron chi connectivity index (χ0n) is 30.8. The predicted octanol–water partition coefficient (Wildman–Crippen LogP) is 7.64. The fourth-order valence-corrected chi connectivity index (χ4v) is 15.5. The first-order valence-corrected chi connectivity index (χ1v) is 25.2. The number of nitrogens with one attached hydrogen (secondary N) is 2. The van der Waals surface area contributed by atoms with Gasteiger partial charge >= 0.3 is 11.9 Å². The minimum atomic E-state index is -0.0634. The minimum absolute atomic E-state index is 0.0634. The molecule has 6 rings (SSSR count). The van der Waals surface area contributed by atoms with Crippen molar-refractivity contribution in [2.24, 2.45) is 0 Å². The molecule has 4 heterocycles. The van der Waals surface area contributed by atoms with Crippen LogP contribution in [0.25, 0.3) is 0 Å². The summed E-state index contributed by atoms with van der Waals surface area (Å²) in [6.45, 7) is 7.03. The van der Waals surface area contributed by atoms with Gasteiger partial charge in [0.2, 0.25) is 0 Å². The van der Waals surface area contributed by atoms with Gasteiger partial charge in [0.15, 0.2) is 10.3 Å². The maximum atomic E-state index is 11.9. The smallest absolute Gasteiger partial charge is 0.305 e. The van der Waals surface area contributed by atoms with Gasteiger partial charge in [0.1, 0.15) is 13.2 Å². The number of esters is 2. The van der Waals surface area contributed by atoms with Gasteiger partial charge in [-0.25, -0.2) is 9.97 Å². The molecule has 2 aliphatic heterocycles. The summed E-state index contributed by atoms with van der Waals surface area (Å²) in [5.41, 5.74) is 13.9. The highest BCUT2D eigenvalue weighted by Gasteiger charge is 2.31. The maximum Gasteiger partial charge on any atom is 0.305 e. The maximum absolute atomic E-state index is 11.9. The van der Waals surface area contributed by atoms with E-state index in [9.17, 15) is 9.59 Å². The molecule has 10 nitrogen and oxygen atoms in total. The molecule has 0 saturated carbocycles. The quantitative estimate of drug-likeness (QED) is 0.0661. The Bertz CT molecular complexity index is 1310. The summed E-state index contributed by atoms with van der Waals surface area (Å²) in [6, 6.07) is 0.868. The number of nitrogens with two attached hydrogens (primary N) is 2. The first kappa shape index (κ1) is 42.3. The second-order valence-electron chi connectivity index (χ2n) is 14.7. The van der Waals surface area contributed by atoms with Crippen LogP contribution in [-0.2, 0) is 44.7 Å². The Kier molecular flexibility index (Phi) is 17.4. The van der Waals surface area contributed by atoms with E-state index in [2.05, 4.69) is 34.4 Å². The highest BCUT2D eigenvalue weighted by atomic mass is 33.1. The molecule has 0 aromatic carbocycles. The Labute approximate surface area is 334 Å². The molecule has 292 valence electrons. The third-order valence-electron chi connectivity index (χ3n) is 10.1. The number of nitrogens with zero attached hydrogens (tertiary/aromatic N) is 2. The fraction of sp³-hybridized carbons (Fsp3) is 0.778. The van der Waals surface area contributed by atoms with Crippen LogP contribution >= 0.6 is 65.8 Å². The van der Waals surface area contributed by atoms with E-state index < -0.39 is 0 Å². The predicted molar refractivity (Wildman–Crippen MR) is 226 cm³/mol. The van der Waals surface area contributed by atoms with Crippen molar-refractivity contribution in [2.75, 3.05) is 49.3 Å². The van der Waals surface area contributed by atoms with E-state index in [1.54, 1.807) is 22.7 Å². The van der Waals surface area contributed by atoms with Crippen LogP contribution in [0, 0.1) is 0 Å². The summed E-state index contributed by atoms with van der Waals surface area (Å²) < 4.78 is 11.6. The summed E-state index contributed by atoms with van der Waals surface area (Å²) in [5, 5.41) is 8.32. The van der Waals surface area contributed by atoms with Crippen LogP contribution < -0.4 is 22.1 Å². The largest absolute Gasteiger partial charge is 0.464 e. The van der Waals surface area contributed by atoms with Crippen LogP contribution in [0.4, 0.5) is 10.3 Å². The molecule has 0 spiro atoms. The van der Waals surface area contributed by atoms with Crippen molar-refractivity contribution in [3.8, 4) is 0 Å². The molecule has 2 fully saturated rings. The van der Waals surface area contributed by atoms with Crippen molar-refractivity contribution in [2.45, 2.75) is 138 Å². The normalized spacial score (nSPS) is 25.2. The Morgan fingerprint density at radius 3 is 1.58 bits per heavy atom. The van der Waals surface area contributed by atoms with Crippen LogP contribution in [0.1, 0.15) is 112 Å². The number of aryl methyl sites for hydroxylation is 2. The van der Waals surface area contributed by atoms with Gasteiger partial charge in [-0.1, -0.05) is 56.0 Å². The average Bonchev–Trinajstić information content (AvgIpc) is 3.92. The minimum Gasteiger partial charge on any atom is -0.464 e. The number of hydrogen-bond donors (Lipinski definition) is 4. The first-order chi connectivity index (χ1) is 25.1. The average molecular weight is 831 g/mol. The first-order valence-electron chi connectivity index (χ1n) is 19.0. The van der Waals surface area contributed by atoms with E-state index in [-0.39, 0.29) is 11.9 Å². The number of carbonyl (C=O) groups is 2. The second kappa shape index (κ2) is 21.4.